The standard InChI is InChI=1S/C15H18N2O4/c1-2-16-15(19)11-6-14(18)17(8-11)7-10-3-4-12-13(5-10)21-9-20-12/h3-5,11H,2,6-9H2,1H3,(H,16,19). The molecular weight excluding hydrogens is 272 g/mol. The summed E-state index contributed by atoms with van der Waals surface area (Å²) in [6.45, 7) is 3.66. The molecule has 2 heterocycles. The van der Waals surface area contributed by atoms with E-state index in [1.165, 1.54) is 0 Å². The molecule has 0 aliphatic carbocycles. The summed E-state index contributed by atoms with van der Waals surface area (Å²) < 4.78 is 10.6. The fraction of sp³-hybridized carbons (Fsp3) is 0.467. The van der Waals surface area contributed by atoms with Gasteiger partial charge in [0, 0.05) is 26.1 Å². The van der Waals surface area contributed by atoms with Gasteiger partial charge in [0.2, 0.25) is 18.6 Å². The summed E-state index contributed by atoms with van der Waals surface area (Å²) in [6.07, 6.45) is 0.288. The number of ether oxygens (including phenoxy) is 2. The molecule has 1 atom stereocenters. The average Bonchev–Trinajstić information content (AvgIpc) is 3.06. The number of amides is 2. The SMILES string of the molecule is CCNC(=O)C1CC(=O)N(Cc2ccc3c(c2)OCO3)C1. The van der Waals surface area contributed by atoms with Gasteiger partial charge in [-0.15, -0.1) is 0 Å². The summed E-state index contributed by atoms with van der Waals surface area (Å²) in [5, 5.41) is 2.77. The number of nitrogens with zero attached hydrogens (tertiary/aromatic N) is 1. The predicted molar refractivity (Wildman–Crippen MR) is 74.8 cm³/mol. The number of hydrogen-bond donors (Lipinski definition) is 1. The van der Waals surface area contributed by atoms with Crippen LogP contribution in [0.5, 0.6) is 11.5 Å². The number of hydrogen-bond acceptors (Lipinski definition) is 4. The Bertz CT molecular complexity index is 573. The molecule has 1 aromatic carbocycles. The van der Waals surface area contributed by atoms with E-state index < -0.39 is 0 Å². The minimum atomic E-state index is -0.244. The van der Waals surface area contributed by atoms with Crippen molar-refractivity contribution in [3.8, 4) is 11.5 Å². The maximum atomic E-state index is 12.0. The molecule has 1 saturated heterocycles. The van der Waals surface area contributed by atoms with E-state index in [2.05, 4.69) is 5.32 Å². The molecule has 0 saturated carbocycles. The summed E-state index contributed by atoms with van der Waals surface area (Å²) in [5.74, 6) is 1.17. The zero-order valence-corrected chi connectivity index (χ0v) is 11.9. The molecule has 21 heavy (non-hydrogen) atoms. The van der Waals surface area contributed by atoms with E-state index in [4.69, 9.17) is 9.47 Å². The van der Waals surface area contributed by atoms with E-state index in [9.17, 15) is 9.59 Å². The molecule has 6 heteroatoms. The zero-order valence-electron chi connectivity index (χ0n) is 11.9. The van der Waals surface area contributed by atoms with Gasteiger partial charge in [0.05, 0.1) is 5.92 Å². The van der Waals surface area contributed by atoms with E-state index in [0.717, 1.165) is 11.3 Å². The molecule has 2 amide bonds. The van der Waals surface area contributed by atoms with Crippen molar-refractivity contribution in [2.75, 3.05) is 19.9 Å². The number of benzene rings is 1. The summed E-state index contributed by atoms with van der Waals surface area (Å²) in [5.41, 5.74) is 0.976. The minimum absolute atomic E-state index is 0.0175. The van der Waals surface area contributed by atoms with E-state index in [1.54, 1.807) is 4.90 Å². The highest BCUT2D eigenvalue weighted by Gasteiger charge is 2.34. The first-order valence-corrected chi connectivity index (χ1v) is 7.11. The van der Waals surface area contributed by atoms with Crippen LogP contribution >= 0.6 is 0 Å². The molecule has 0 bridgehead atoms. The number of nitrogens with one attached hydrogen (secondary N) is 1. The number of rotatable bonds is 4. The lowest BCUT2D eigenvalue weighted by atomic mass is 10.1. The van der Waals surface area contributed by atoms with E-state index in [0.29, 0.717) is 25.4 Å². The summed E-state index contributed by atoms with van der Waals surface area (Å²) in [6, 6.07) is 5.65. The third-order valence-corrected chi connectivity index (χ3v) is 3.75. The van der Waals surface area contributed by atoms with E-state index >= 15 is 0 Å². The normalized spacial score (nSPS) is 20.0. The third-order valence-electron chi connectivity index (χ3n) is 3.75. The fourth-order valence-electron chi connectivity index (χ4n) is 2.68. The van der Waals surface area contributed by atoms with Gasteiger partial charge < -0.3 is 19.7 Å². The van der Waals surface area contributed by atoms with Crippen LogP contribution in [0.3, 0.4) is 0 Å². The van der Waals surface area contributed by atoms with Crippen LogP contribution in [0.25, 0.3) is 0 Å². The summed E-state index contributed by atoms with van der Waals surface area (Å²) >= 11 is 0. The second-order valence-electron chi connectivity index (χ2n) is 5.26. The lowest BCUT2D eigenvalue weighted by Crippen LogP contribution is -2.32. The van der Waals surface area contributed by atoms with Crippen LogP contribution in [0.2, 0.25) is 0 Å². The molecule has 6 nitrogen and oxygen atoms in total. The Morgan fingerprint density at radius 2 is 2.19 bits per heavy atom. The molecule has 1 fully saturated rings. The van der Waals surface area contributed by atoms with Crippen LogP contribution < -0.4 is 14.8 Å². The lowest BCUT2D eigenvalue weighted by molar-refractivity contribution is -0.129. The van der Waals surface area contributed by atoms with Gasteiger partial charge in [0.1, 0.15) is 0 Å². The van der Waals surface area contributed by atoms with Crippen LogP contribution in [0.1, 0.15) is 18.9 Å². The zero-order chi connectivity index (χ0) is 14.8. The molecule has 0 aromatic heterocycles. The molecule has 2 aliphatic heterocycles. The predicted octanol–water partition coefficient (Wildman–Crippen LogP) is 0.900. The van der Waals surface area contributed by atoms with Crippen molar-refractivity contribution >= 4 is 11.8 Å². The summed E-state index contributed by atoms with van der Waals surface area (Å²) in [4.78, 5) is 25.6. The Labute approximate surface area is 123 Å². The highest BCUT2D eigenvalue weighted by Crippen LogP contribution is 2.33. The van der Waals surface area contributed by atoms with Gasteiger partial charge in [0.25, 0.3) is 0 Å². The molecule has 112 valence electrons. The van der Waals surface area contributed by atoms with Gasteiger partial charge in [-0.3, -0.25) is 9.59 Å². The molecule has 1 unspecified atom stereocenters. The first-order chi connectivity index (χ1) is 10.2. The first-order valence-electron chi connectivity index (χ1n) is 7.11. The number of likely N-dealkylation sites (tertiary alicyclic amines) is 1. The Hall–Kier alpha value is -2.24. The quantitative estimate of drug-likeness (QED) is 0.894. The molecule has 3 rings (SSSR count). The topological polar surface area (TPSA) is 67.9 Å². The van der Waals surface area contributed by atoms with Crippen molar-refractivity contribution < 1.29 is 19.1 Å². The second kappa shape index (κ2) is 5.63. The van der Waals surface area contributed by atoms with E-state index in [-0.39, 0.29) is 30.9 Å². The number of fused-ring (bicyclic) bond motifs is 1. The Kier molecular flexibility index (Phi) is 3.68. The van der Waals surface area contributed by atoms with Gasteiger partial charge >= 0.3 is 0 Å². The Morgan fingerprint density at radius 3 is 3.00 bits per heavy atom. The van der Waals surface area contributed by atoms with Gasteiger partial charge in [-0.1, -0.05) is 6.07 Å². The molecule has 2 aliphatic rings. The van der Waals surface area contributed by atoms with Crippen LogP contribution in [-0.2, 0) is 16.1 Å². The smallest absolute Gasteiger partial charge is 0.231 e. The van der Waals surface area contributed by atoms with Gasteiger partial charge in [-0.25, -0.2) is 0 Å². The van der Waals surface area contributed by atoms with Crippen molar-refractivity contribution in [3.63, 3.8) is 0 Å². The highest BCUT2D eigenvalue weighted by atomic mass is 16.7. The Morgan fingerprint density at radius 1 is 1.38 bits per heavy atom. The molecule has 0 radical (unpaired) electrons. The fourth-order valence-corrected chi connectivity index (χ4v) is 2.68. The van der Waals surface area contributed by atoms with Crippen molar-refractivity contribution in [2.45, 2.75) is 19.9 Å². The van der Waals surface area contributed by atoms with Crippen molar-refractivity contribution in [3.05, 3.63) is 23.8 Å². The first kappa shape index (κ1) is 13.7. The number of carbonyl (C=O) groups excluding carboxylic acids is 2. The van der Waals surface area contributed by atoms with Crippen molar-refractivity contribution in [2.24, 2.45) is 5.92 Å². The second-order valence-corrected chi connectivity index (χ2v) is 5.26. The summed E-state index contributed by atoms with van der Waals surface area (Å²) in [7, 11) is 0. The van der Waals surface area contributed by atoms with Gasteiger partial charge in [-0.05, 0) is 24.6 Å². The number of carbonyl (C=O) groups is 2. The monoisotopic (exact) mass is 290 g/mol. The largest absolute Gasteiger partial charge is 0.454 e. The van der Waals surface area contributed by atoms with Crippen LogP contribution in [0.15, 0.2) is 18.2 Å². The van der Waals surface area contributed by atoms with Crippen LogP contribution in [0, 0.1) is 5.92 Å². The molecular formula is C15H18N2O4. The lowest BCUT2D eigenvalue weighted by Gasteiger charge is -2.16. The molecule has 1 aromatic rings. The van der Waals surface area contributed by atoms with Crippen LogP contribution in [0.4, 0.5) is 0 Å². The maximum absolute atomic E-state index is 12.0. The van der Waals surface area contributed by atoms with Crippen LogP contribution in [-0.4, -0.2) is 36.6 Å². The molecule has 1 N–H and O–H groups in total. The van der Waals surface area contributed by atoms with Crippen molar-refractivity contribution in [1.82, 2.24) is 10.2 Å². The Balaban J connectivity index is 1.65. The third kappa shape index (κ3) is 2.79. The van der Waals surface area contributed by atoms with E-state index in [1.807, 2.05) is 25.1 Å². The molecule has 0 spiro atoms. The van der Waals surface area contributed by atoms with Gasteiger partial charge in [-0.2, -0.15) is 0 Å². The maximum Gasteiger partial charge on any atom is 0.231 e. The minimum Gasteiger partial charge on any atom is -0.454 e. The highest BCUT2D eigenvalue weighted by molar-refractivity contribution is 5.89. The average molecular weight is 290 g/mol. The van der Waals surface area contributed by atoms with Gasteiger partial charge in [0.15, 0.2) is 11.5 Å². The van der Waals surface area contributed by atoms with Crippen molar-refractivity contribution in [1.29, 1.82) is 0 Å².